The molecular weight excluding hydrogens is 438 g/mol. The van der Waals surface area contributed by atoms with Crippen LogP contribution in [-0.4, -0.2) is 56.0 Å². The van der Waals surface area contributed by atoms with Crippen molar-refractivity contribution in [1.82, 2.24) is 4.90 Å². The summed E-state index contributed by atoms with van der Waals surface area (Å²) in [5.41, 5.74) is 1.30. The molecule has 0 aromatic heterocycles. The molecule has 1 N–H and O–H groups in total. The van der Waals surface area contributed by atoms with Gasteiger partial charge in [0.1, 0.15) is 12.6 Å². The van der Waals surface area contributed by atoms with E-state index in [-0.39, 0.29) is 12.5 Å². The van der Waals surface area contributed by atoms with Crippen molar-refractivity contribution in [1.29, 1.82) is 0 Å². The minimum atomic E-state index is -1.16. The highest BCUT2D eigenvalue weighted by Gasteiger charge is 2.44. The minimum Gasteiger partial charge on any atom is -0.493 e. The number of ether oxygens (including phenoxy) is 4. The van der Waals surface area contributed by atoms with Crippen LogP contribution in [0.4, 0.5) is 4.79 Å². The van der Waals surface area contributed by atoms with Crippen LogP contribution < -0.4 is 9.47 Å². The van der Waals surface area contributed by atoms with Crippen LogP contribution in [0.5, 0.6) is 11.5 Å². The number of benzene rings is 2. The first-order valence-electron chi connectivity index (χ1n) is 11.4. The number of cyclic esters (lactones) is 1. The number of hydrogen-bond acceptors (Lipinski definition) is 7. The van der Waals surface area contributed by atoms with Crippen LogP contribution in [0.15, 0.2) is 48.5 Å². The number of rotatable bonds is 11. The Morgan fingerprint density at radius 3 is 2.50 bits per heavy atom. The zero-order valence-electron chi connectivity index (χ0n) is 20.1. The molecule has 0 saturated carbocycles. The van der Waals surface area contributed by atoms with E-state index in [2.05, 4.69) is 0 Å². The first-order valence-corrected chi connectivity index (χ1v) is 11.4. The predicted molar refractivity (Wildman–Crippen MR) is 126 cm³/mol. The Morgan fingerprint density at radius 1 is 1.12 bits per heavy atom. The number of imide groups is 1. The van der Waals surface area contributed by atoms with Crippen LogP contribution in [0.3, 0.4) is 0 Å². The highest BCUT2D eigenvalue weighted by atomic mass is 16.6. The quantitative estimate of drug-likeness (QED) is 0.492. The number of carbonyl (C=O) groups is 2. The summed E-state index contributed by atoms with van der Waals surface area (Å²) in [6, 6.07) is 13.8. The Hall–Kier alpha value is -3.10. The van der Waals surface area contributed by atoms with E-state index in [1.807, 2.05) is 44.2 Å². The molecule has 1 saturated heterocycles. The molecule has 1 aliphatic rings. The summed E-state index contributed by atoms with van der Waals surface area (Å²) in [6.07, 6.45) is -1.17. The summed E-state index contributed by atoms with van der Waals surface area (Å²) in [7, 11) is 3.16. The van der Waals surface area contributed by atoms with Gasteiger partial charge in [-0.2, -0.15) is 0 Å². The molecule has 184 valence electrons. The monoisotopic (exact) mass is 471 g/mol. The van der Waals surface area contributed by atoms with Gasteiger partial charge in [-0.15, -0.1) is 0 Å². The van der Waals surface area contributed by atoms with E-state index >= 15 is 0 Å². The van der Waals surface area contributed by atoms with E-state index in [4.69, 9.17) is 18.9 Å². The minimum absolute atomic E-state index is 0.0808. The average molecular weight is 472 g/mol. The molecule has 0 spiro atoms. The average Bonchev–Trinajstić information content (AvgIpc) is 3.23. The number of hydrogen-bond donors (Lipinski definition) is 1. The maximum absolute atomic E-state index is 13.6. The molecule has 0 aliphatic carbocycles. The summed E-state index contributed by atoms with van der Waals surface area (Å²) < 4.78 is 21.5. The van der Waals surface area contributed by atoms with Gasteiger partial charge in [0.15, 0.2) is 11.5 Å². The van der Waals surface area contributed by atoms with Gasteiger partial charge in [0.2, 0.25) is 5.91 Å². The van der Waals surface area contributed by atoms with Crippen molar-refractivity contribution in [3.63, 3.8) is 0 Å². The Labute approximate surface area is 200 Å². The van der Waals surface area contributed by atoms with Gasteiger partial charge in [0.25, 0.3) is 0 Å². The second-order valence-electron chi connectivity index (χ2n) is 8.53. The van der Waals surface area contributed by atoms with Gasteiger partial charge < -0.3 is 24.1 Å². The first kappa shape index (κ1) is 25.5. The van der Waals surface area contributed by atoms with Crippen molar-refractivity contribution in [3.8, 4) is 11.5 Å². The van der Waals surface area contributed by atoms with Crippen LogP contribution in [-0.2, 0) is 14.3 Å². The van der Waals surface area contributed by atoms with Crippen LogP contribution >= 0.6 is 0 Å². The molecule has 3 rings (SSSR count). The lowest BCUT2D eigenvalue weighted by Crippen LogP contribution is -2.42. The number of nitrogens with zero attached hydrogens (tertiary/aromatic N) is 1. The van der Waals surface area contributed by atoms with Gasteiger partial charge in [0.05, 0.1) is 25.7 Å². The number of amides is 2. The largest absolute Gasteiger partial charge is 0.493 e. The maximum Gasteiger partial charge on any atom is 0.417 e. The molecule has 8 heteroatoms. The van der Waals surface area contributed by atoms with E-state index in [1.54, 1.807) is 25.3 Å². The summed E-state index contributed by atoms with van der Waals surface area (Å²) in [5.74, 6) is -0.606. The zero-order chi connectivity index (χ0) is 24.7. The summed E-state index contributed by atoms with van der Waals surface area (Å²) in [5, 5.41) is 11.3. The Balaban J connectivity index is 1.86. The first-order chi connectivity index (χ1) is 16.4. The van der Waals surface area contributed by atoms with Gasteiger partial charge in [-0.05, 0) is 29.2 Å². The second kappa shape index (κ2) is 11.9. The highest BCUT2D eigenvalue weighted by molar-refractivity contribution is 5.95. The van der Waals surface area contributed by atoms with Gasteiger partial charge in [-0.25, -0.2) is 9.69 Å². The molecule has 1 aliphatic heterocycles. The smallest absolute Gasteiger partial charge is 0.417 e. The molecule has 2 amide bonds. The van der Waals surface area contributed by atoms with Crippen LogP contribution in [0.25, 0.3) is 0 Å². The molecule has 2 aromatic rings. The Bertz CT molecular complexity index is 963. The molecule has 2 aromatic carbocycles. The molecule has 0 bridgehead atoms. The van der Waals surface area contributed by atoms with Crippen molar-refractivity contribution in [2.75, 3.05) is 34.0 Å². The number of aliphatic hydroxyl groups excluding tert-OH is 1. The van der Waals surface area contributed by atoms with E-state index in [1.165, 1.54) is 7.11 Å². The number of methoxy groups -OCH3 is 2. The molecule has 1 fully saturated rings. The molecular formula is C26H33NO7. The topological polar surface area (TPSA) is 94.5 Å². The third-order valence-corrected chi connectivity index (χ3v) is 5.92. The maximum atomic E-state index is 13.6. The summed E-state index contributed by atoms with van der Waals surface area (Å²) >= 11 is 0. The standard InChI is InChI=1S/C26H33NO7/c1-17(2)23(25(29)27-20(16-34-26(27)30)18-9-6-5-7-10-18)24(28)19-11-12-21(32-4)22(15-19)33-14-8-13-31-3/h5-7,9-12,15,17,20,23-24,28H,8,13-14,16H2,1-4H3. The van der Waals surface area contributed by atoms with Crippen molar-refractivity contribution in [3.05, 3.63) is 59.7 Å². The summed E-state index contributed by atoms with van der Waals surface area (Å²) in [6.45, 7) is 4.74. The molecule has 34 heavy (non-hydrogen) atoms. The molecule has 1 heterocycles. The fourth-order valence-corrected chi connectivity index (χ4v) is 4.11. The lowest BCUT2D eigenvalue weighted by Gasteiger charge is -2.30. The fraction of sp³-hybridized carbons (Fsp3) is 0.462. The van der Waals surface area contributed by atoms with Crippen molar-refractivity contribution >= 4 is 12.0 Å². The lowest BCUT2D eigenvalue weighted by atomic mass is 9.84. The predicted octanol–water partition coefficient (Wildman–Crippen LogP) is 4.14. The van der Waals surface area contributed by atoms with E-state index < -0.39 is 30.1 Å². The van der Waals surface area contributed by atoms with Crippen LogP contribution in [0.1, 0.15) is 43.5 Å². The van der Waals surface area contributed by atoms with E-state index in [0.29, 0.717) is 36.7 Å². The Morgan fingerprint density at radius 2 is 1.85 bits per heavy atom. The highest BCUT2D eigenvalue weighted by Crippen LogP contribution is 2.38. The normalized spacial score (nSPS) is 17.4. The van der Waals surface area contributed by atoms with Crippen LogP contribution in [0, 0.1) is 11.8 Å². The lowest BCUT2D eigenvalue weighted by molar-refractivity contribution is -0.139. The van der Waals surface area contributed by atoms with Gasteiger partial charge in [-0.3, -0.25) is 4.79 Å². The third-order valence-electron chi connectivity index (χ3n) is 5.92. The van der Waals surface area contributed by atoms with Crippen molar-refractivity contribution in [2.24, 2.45) is 11.8 Å². The SMILES string of the molecule is COCCCOc1cc(C(O)C(C(=O)N2C(=O)OCC2c2ccccc2)C(C)C)ccc1OC. The van der Waals surface area contributed by atoms with E-state index in [0.717, 1.165) is 10.5 Å². The molecule has 8 nitrogen and oxygen atoms in total. The van der Waals surface area contributed by atoms with Gasteiger partial charge in [-0.1, -0.05) is 50.2 Å². The Kier molecular flexibility index (Phi) is 8.90. The molecule has 0 radical (unpaired) electrons. The second-order valence-corrected chi connectivity index (χ2v) is 8.53. The van der Waals surface area contributed by atoms with Crippen LogP contribution in [0.2, 0.25) is 0 Å². The number of carbonyl (C=O) groups excluding carboxylic acids is 2. The summed E-state index contributed by atoms with van der Waals surface area (Å²) in [4.78, 5) is 27.3. The van der Waals surface area contributed by atoms with Gasteiger partial charge >= 0.3 is 6.09 Å². The molecule has 3 atom stereocenters. The van der Waals surface area contributed by atoms with Crippen molar-refractivity contribution < 1.29 is 33.6 Å². The van der Waals surface area contributed by atoms with Gasteiger partial charge in [0, 0.05) is 20.1 Å². The van der Waals surface area contributed by atoms with Crippen molar-refractivity contribution in [2.45, 2.75) is 32.4 Å². The fourth-order valence-electron chi connectivity index (χ4n) is 4.11. The number of aliphatic hydroxyl groups is 1. The third kappa shape index (κ3) is 5.69. The zero-order valence-corrected chi connectivity index (χ0v) is 20.1. The molecule has 3 unspecified atom stereocenters. The van der Waals surface area contributed by atoms with E-state index in [9.17, 15) is 14.7 Å².